The van der Waals surface area contributed by atoms with Crippen LogP contribution in [0.1, 0.15) is 46.6 Å². The van der Waals surface area contributed by atoms with Crippen molar-refractivity contribution >= 4 is 10.8 Å². The Morgan fingerprint density at radius 1 is 0.515 bits per heavy atom. The Labute approximate surface area is 194 Å². The molecule has 1 N–H and O–H groups in total. The lowest BCUT2D eigenvalue weighted by molar-refractivity contribution is 0.136. The van der Waals surface area contributed by atoms with E-state index in [0.29, 0.717) is 5.92 Å². The first-order chi connectivity index (χ1) is 16.3. The van der Waals surface area contributed by atoms with Crippen molar-refractivity contribution in [3.8, 4) is 22.3 Å². The summed E-state index contributed by atoms with van der Waals surface area (Å²) in [6, 6.07) is 38.8. The minimum Gasteiger partial charge on any atom is -0.388 e. The lowest BCUT2D eigenvalue weighted by Gasteiger charge is -2.34. The quantitative estimate of drug-likeness (QED) is 0.306. The summed E-state index contributed by atoms with van der Waals surface area (Å²) in [6.07, 6.45) is 0.446. The second kappa shape index (κ2) is 7.16. The molecule has 1 heteroatoms. The highest BCUT2D eigenvalue weighted by molar-refractivity contribution is 6.08. The van der Waals surface area contributed by atoms with E-state index in [2.05, 4.69) is 109 Å². The van der Waals surface area contributed by atoms with E-state index < -0.39 is 6.10 Å². The van der Waals surface area contributed by atoms with Crippen LogP contribution in [0.5, 0.6) is 0 Å². The van der Waals surface area contributed by atoms with Crippen LogP contribution < -0.4 is 0 Å². The van der Waals surface area contributed by atoms with Gasteiger partial charge in [-0.25, -0.2) is 0 Å². The van der Waals surface area contributed by atoms with Crippen molar-refractivity contribution in [3.63, 3.8) is 0 Å². The number of hydrogen-bond acceptors (Lipinski definition) is 1. The van der Waals surface area contributed by atoms with Gasteiger partial charge < -0.3 is 5.11 Å². The van der Waals surface area contributed by atoms with Gasteiger partial charge in [0.05, 0.1) is 6.10 Å². The van der Waals surface area contributed by atoms with Crippen molar-refractivity contribution in [2.24, 2.45) is 0 Å². The van der Waals surface area contributed by atoms with Crippen molar-refractivity contribution < 1.29 is 5.11 Å². The maximum absolute atomic E-state index is 12.0. The van der Waals surface area contributed by atoms with Gasteiger partial charge in [0.2, 0.25) is 0 Å². The molecule has 0 aliphatic heterocycles. The average Bonchev–Trinajstić information content (AvgIpc) is 3.23. The lowest BCUT2D eigenvalue weighted by Crippen LogP contribution is -2.19. The highest BCUT2D eigenvalue weighted by Gasteiger charge is 2.45. The molecular formula is C32H24O. The standard InChI is InChI=1S/C32H24O/c33-32-27-19-26(22-15-7-8-16-23(22)27)30-28(20-11-3-1-4-12-20)24-17-9-10-18-25(24)29(31(30)32)21-13-5-2-6-14-21/h1-18,26-27,32-33H,19H2/t26-,27+,32+/m0/s1. The molecule has 5 aromatic rings. The van der Waals surface area contributed by atoms with Crippen molar-refractivity contribution in [2.75, 3.05) is 0 Å². The monoisotopic (exact) mass is 424 g/mol. The van der Waals surface area contributed by atoms with Gasteiger partial charge in [0.25, 0.3) is 0 Å². The molecule has 0 amide bonds. The molecule has 2 aliphatic rings. The zero-order chi connectivity index (χ0) is 21.9. The molecule has 0 unspecified atom stereocenters. The summed E-state index contributed by atoms with van der Waals surface area (Å²) in [5.74, 6) is 0.442. The van der Waals surface area contributed by atoms with Gasteiger partial charge in [-0.1, -0.05) is 109 Å². The molecule has 0 heterocycles. The van der Waals surface area contributed by atoms with Gasteiger partial charge >= 0.3 is 0 Å². The summed E-state index contributed by atoms with van der Waals surface area (Å²) < 4.78 is 0. The maximum Gasteiger partial charge on any atom is 0.0868 e. The number of rotatable bonds is 2. The molecule has 0 saturated heterocycles. The van der Waals surface area contributed by atoms with E-state index in [1.165, 1.54) is 49.7 Å². The van der Waals surface area contributed by atoms with E-state index in [1.54, 1.807) is 0 Å². The topological polar surface area (TPSA) is 20.2 Å². The Balaban J connectivity index is 1.69. The van der Waals surface area contributed by atoms with Crippen LogP contribution in [0.2, 0.25) is 0 Å². The van der Waals surface area contributed by atoms with Crippen LogP contribution in [0.3, 0.4) is 0 Å². The SMILES string of the molecule is O[C@H]1c2c(c(-c3ccccc3)c3ccccc3c2-c2ccccc2)[C@H]2C[C@@H]1c1ccccc12. The fraction of sp³-hybridized carbons (Fsp3) is 0.125. The minimum atomic E-state index is -0.526. The number of aliphatic hydroxyl groups excluding tert-OH is 1. The highest BCUT2D eigenvalue weighted by atomic mass is 16.3. The summed E-state index contributed by atoms with van der Waals surface area (Å²) in [4.78, 5) is 0. The zero-order valence-corrected chi connectivity index (χ0v) is 18.3. The first-order valence-corrected chi connectivity index (χ1v) is 11.8. The second-order valence-electron chi connectivity index (χ2n) is 9.32. The Bertz CT molecular complexity index is 1500. The van der Waals surface area contributed by atoms with E-state index in [4.69, 9.17) is 0 Å². The maximum atomic E-state index is 12.0. The molecule has 5 aromatic carbocycles. The smallest absolute Gasteiger partial charge is 0.0868 e. The summed E-state index contributed by atoms with van der Waals surface area (Å²) in [5, 5.41) is 14.4. The van der Waals surface area contributed by atoms with E-state index in [-0.39, 0.29) is 5.92 Å². The van der Waals surface area contributed by atoms with Crippen LogP contribution >= 0.6 is 0 Å². The van der Waals surface area contributed by atoms with Gasteiger partial charge in [-0.05, 0) is 61.7 Å². The molecule has 33 heavy (non-hydrogen) atoms. The zero-order valence-electron chi connectivity index (χ0n) is 18.3. The summed E-state index contributed by atoms with van der Waals surface area (Å²) in [7, 11) is 0. The third kappa shape index (κ3) is 2.63. The Morgan fingerprint density at radius 2 is 1.00 bits per heavy atom. The molecular weight excluding hydrogens is 400 g/mol. The molecule has 2 aliphatic carbocycles. The molecule has 7 rings (SSSR count). The third-order valence-corrected chi connectivity index (χ3v) is 7.71. The normalized spacial score (nSPS) is 20.5. The predicted octanol–water partition coefficient (Wildman–Crippen LogP) is 7.84. The molecule has 1 nitrogen and oxygen atoms in total. The molecule has 3 atom stereocenters. The molecule has 2 bridgehead atoms. The van der Waals surface area contributed by atoms with Crippen LogP contribution in [0.4, 0.5) is 0 Å². The molecule has 158 valence electrons. The molecule has 0 saturated carbocycles. The van der Waals surface area contributed by atoms with E-state index in [0.717, 1.165) is 12.0 Å². The van der Waals surface area contributed by atoms with Gasteiger partial charge in [0.15, 0.2) is 0 Å². The van der Waals surface area contributed by atoms with Gasteiger partial charge in [-0.3, -0.25) is 0 Å². The van der Waals surface area contributed by atoms with E-state index in [9.17, 15) is 5.11 Å². The number of hydrogen-bond donors (Lipinski definition) is 1. The molecule has 0 fully saturated rings. The Kier molecular flexibility index (Phi) is 4.09. The predicted molar refractivity (Wildman–Crippen MR) is 135 cm³/mol. The van der Waals surface area contributed by atoms with Crippen LogP contribution in [0.25, 0.3) is 33.0 Å². The lowest BCUT2D eigenvalue weighted by atomic mass is 9.71. The highest BCUT2D eigenvalue weighted by Crippen LogP contribution is 2.61. The largest absolute Gasteiger partial charge is 0.388 e. The van der Waals surface area contributed by atoms with Crippen LogP contribution in [-0.2, 0) is 0 Å². The van der Waals surface area contributed by atoms with Crippen molar-refractivity contribution in [2.45, 2.75) is 24.4 Å². The first kappa shape index (κ1) is 18.8. The van der Waals surface area contributed by atoms with Crippen molar-refractivity contribution in [3.05, 3.63) is 131 Å². The first-order valence-electron chi connectivity index (χ1n) is 11.8. The summed E-state index contributed by atoms with van der Waals surface area (Å²) in [5.41, 5.74) is 9.99. The van der Waals surface area contributed by atoms with Crippen LogP contribution in [0.15, 0.2) is 109 Å². The molecule has 0 radical (unpaired) electrons. The summed E-state index contributed by atoms with van der Waals surface area (Å²) in [6.45, 7) is 0. The molecule has 0 spiro atoms. The number of fused-ring (bicyclic) bond motifs is 8. The fourth-order valence-corrected chi connectivity index (χ4v) is 6.43. The van der Waals surface area contributed by atoms with Crippen molar-refractivity contribution in [1.29, 1.82) is 0 Å². The van der Waals surface area contributed by atoms with Gasteiger partial charge in [0.1, 0.15) is 0 Å². The Hall–Kier alpha value is -3.68. The van der Waals surface area contributed by atoms with Crippen molar-refractivity contribution in [1.82, 2.24) is 0 Å². The third-order valence-electron chi connectivity index (χ3n) is 7.71. The van der Waals surface area contributed by atoms with Gasteiger partial charge in [-0.15, -0.1) is 0 Å². The van der Waals surface area contributed by atoms with Gasteiger partial charge in [-0.2, -0.15) is 0 Å². The number of aliphatic hydroxyl groups is 1. The molecule has 0 aromatic heterocycles. The second-order valence-corrected chi connectivity index (χ2v) is 9.32. The summed E-state index contributed by atoms with van der Waals surface area (Å²) >= 11 is 0. The average molecular weight is 425 g/mol. The van der Waals surface area contributed by atoms with Crippen LogP contribution in [-0.4, -0.2) is 5.11 Å². The Morgan fingerprint density at radius 3 is 1.61 bits per heavy atom. The van der Waals surface area contributed by atoms with E-state index in [1.807, 2.05) is 0 Å². The van der Waals surface area contributed by atoms with Crippen LogP contribution in [0, 0.1) is 0 Å². The minimum absolute atomic E-state index is 0.144. The number of benzene rings is 5. The van der Waals surface area contributed by atoms with E-state index >= 15 is 0 Å². The fourth-order valence-electron chi connectivity index (χ4n) is 6.43. The van der Waals surface area contributed by atoms with Gasteiger partial charge in [0, 0.05) is 11.8 Å².